The molecular formula is C43H29N. The van der Waals surface area contributed by atoms with E-state index in [-0.39, 0.29) is 5.41 Å². The zero-order valence-electron chi connectivity index (χ0n) is 24.2. The van der Waals surface area contributed by atoms with Gasteiger partial charge < -0.3 is 5.32 Å². The van der Waals surface area contributed by atoms with Gasteiger partial charge in [0.15, 0.2) is 0 Å². The highest BCUT2D eigenvalue weighted by molar-refractivity contribution is 5.99. The molecule has 44 heavy (non-hydrogen) atoms. The summed E-state index contributed by atoms with van der Waals surface area (Å²) in [5, 5.41) is 3.86. The molecule has 0 saturated heterocycles. The molecule has 2 aliphatic carbocycles. The molecule has 0 saturated carbocycles. The third-order valence-corrected chi connectivity index (χ3v) is 9.47. The summed E-state index contributed by atoms with van der Waals surface area (Å²) in [4.78, 5) is 0. The normalized spacial score (nSPS) is 13.2. The number of nitrogens with one attached hydrogen (secondary N) is 1. The SMILES string of the molecule is c1ccc(-c2cccc(-c3cccc(Nc4cccc5c4-c4ccccc4C54c5ccccc5-c5ccccc54)c3)c2)cc1. The molecular weight excluding hydrogens is 530 g/mol. The summed E-state index contributed by atoms with van der Waals surface area (Å²) < 4.78 is 0. The van der Waals surface area contributed by atoms with E-state index in [1.165, 1.54) is 66.8 Å². The average Bonchev–Trinajstić information content (AvgIpc) is 3.57. The van der Waals surface area contributed by atoms with Crippen LogP contribution in [0.2, 0.25) is 0 Å². The molecule has 7 aromatic carbocycles. The number of hydrogen-bond acceptors (Lipinski definition) is 1. The van der Waals surface area contributed by atoms with Gasteiger partial charge in [-0.3, -0.25) is 0 Å². The molecule has 0 radical (unpaired) electrons. The van der Waals surface area contributed by atoms with Crippen molar-refractivity contribution in [1.29, 1.82) is 0 Å². The van der Waals surface area contributed by atoms with Crippen molar-refractivity contribution in [3.8, 4) is 44.5 Å². The molecule has 0 amide bonds. The Bertz CT molecular complexity index is 2160. The van der Waals surface area contributed by atoms with Gasteiger partial charge in [0.25, 0.3) is 0 Å². The third kappa shape index (κ3) is 3.53. The lowest BCUT2D eigenvalue weighted by Crippen LogP contribution is -2.25. The first-order valence-corrected chi connectivity index (χ1v) is 15.3. The molecule has 0 unspecified atom stereocenters. The third-order valence-electron chi connectivity index (χ3n) is 9.47. The van der Waals surface area contributed by atoms with Crippen LogP contribution < -0.4 is 5.32 Å². The molecule has 0 fully saturated rings. The molecule has 1 nitrogen and oxygen atoms in total. The fraction of sp³-hybridized carbons (Fsp3) is 0.0233. The highest BCUT2D eigenvalue weighted by atomic mass is 14.9. The van der Waals surface area contributed by atoms with Gasteiger partial charge in [-0.15, -0.1) is 0 Å². The Hall–Kier alpha value is -5.66. The van der Waals surface area contributed by atoms with Crippen LogP contribution in [0.5, 0.6) is 0 Å². The summed E-state index contributed by atoms with van der Waals surface area (Å²) in [6.45, 7) is 0. The number of rotatable bonds is 4. The van der Waals surface area contributed by atoms with Crippen molar-refractivity contribution < 1.29 is 0 Å². The maximum Gasteiger partial charge on any atom is 0.0726 e. The van der Waals surface area contributed by atoms with Crippen LogP contribution >= 0.6 is 0 Å². The largest absolute Gasteiger partial charge is 0.355 e. The maximum atomic E-state index is 3.86. The van der Waals surface area contributed by atoms with Crippen molar-refractivity contribution in [2.45, 2.75) is 5.41 Å². The lowest BCUT2D eigenvalue weighted by Gasteiger charge is -2.30. The van der Waals surface area contributed by atoms with Gasteiger partial charge in [0.1, 0.15) is 0 Å². The molecule has 0 bridgehead atoms. The van der Waals surface area contributed by atoms with Gasteiger partial charge in [-0.2, -0.15) is 0 Å². The van der Waals surface area contributed by atoms with Crippen molar-refractivity contribution in [2.24, 2.45) is 0 Å². The Morgan fingerprint density at radius 3 is 1.52 bits per heavy atom. The first kappa shape index (κ1) is 24.9. The van der Waals surface area contributed by atoms with Gasteiger partial charge in [0, 0.05) is 16.9 Å². The number of fused-ring (bicyclic) bond motifs is 10. The Kier molecular flexibility index (Phi) is 5.48. The Morgan fingerprint density at radius 1 is 0.341 bits per heavy atom. The predicted octanol–water partition coefficient (Wildman–Crippen LogP) is 11.1. The van der Waals surface area contributed by atoms with E-state index in [2.05, 4.69) is 175 Å². The second-order valence-electron chi connectivity index (χ2n) is 11.8. The smallest absolute Gasteiger partial charge is 0.0726 e. The molecule has 2 aliphatic rings. The summed E-state index contributed by atoms with van der Waals surface area (Å²) in [6.07, 6.45) is 0. The number of hydrogen-bond donors (Lipinski definition) is 1. The van der Waals surface area contributed by atoms with Crippen LogP contribution in [0.25, 0.3) is 44.5 Å². The van der Waals surface area contributed by atoms with Crippen molar-refractivity contribution in [3.63, 3.8) is 0 Å². The minimum atomic E-state index is -0.337. The summed E-state index contributed by atoms with van der Waals surface area (Å²) in [6, 6.07) is 61.9. The topological polar surface area (TPSA) is 12.0 Å². The molecule has 0 heterocycles. The lowest BCUT2D eigenvalue weighted by molar-refractivity contribution is 0.794. The van der Waals surface area contributed by atoms with Gasteiger partial charge in [-0.1, -0.05) is 146 Å². The fourth-order valence-electron chi connectivity index (χ4n) is 7.69. The molecule has 1 N–H and O–H groups in total. The van der Waals surface area contributed by atoms with E-state index in [1.807, 2.05) is 0 Å². The molecule has 9 rings (SSSR count). The molecule has 7 aromatic rings. The van der Waals surface area contributed by atoms with E-state index >= 15 is 0 Å². The minimum absolute atomic E-state index is 0.337. The van der Waals surface area contributed by atoms with Crippen molar-refractivity contribution >= 4 is 11.4 Å². The van der Waals surface area contributed by atoms with Crippen LogP contribution in [0.3, 0.4) is 0 Å². The van der Waals surface area contributed by atoms with Crippen LogP contribution in [0.1, 0.15) is 22.3 Å². The molecule has 0 atom stereocenters. The molecule has 1 spiro atoms. The minimum Gasteiger partial charge on any atom is -0.355 e. The van der Waals surface area contributed by atoms with Crippen molar-refractivity contribution in [2.75, 3.05) is 5.32 Å². The van der Waals surface area contributed by atoms with E-state index in [9.17, 15) is 0 Å². The molecule has 0 aliphatic heterocycles. The van der Waals surface area contributed by atoms with E-state index in [1.54, 1.807) is 0 Å². The van der Waals surface area contributed by atoms with Crippen LogP contribution in [0.4, 0.5) is 11.4 Å². The van der Waals surface area contributed by atoms with E-state index in [0.717, 1.165) is 11.4 Å². The first-order valence-electron chi connectivity index (χ1n) is 15.3. The first-order chi connectivity index (χ1) is 21.8. The van der Waals surface area contributed by atoms with Gasteiger partial charge in [0.2, 0.25) is 0 Å². The van der Waals surface area contributed by atoms with Gasteiger partial charge in [0.05, 0.1) is 5.41 Å². The summed E-state index contributed by atoms with van der Waals surface area (Å²) in [7, 11) is 0. The highest BCUT2D eigenvalue weighted by Crippen LogP contribution is 2.63. The fourth-order valence-corrected chi connectivity index (χ4v) is 7.69. The molecule has 0 aromatic heterocycles. The standard InChI is InChI=1S/C43H29N/c1-2-13-29(14-3-1)30-15-10-16-31(27-30)32-17-11-18-33(28-32)44-41-26-12-25-40-42(41)36-21-6-9-24-39(36)43(40)37-22-7-4-19-34(37)35-20-5-8-23-38(35)43/h1-28,44H. The number of anilines is 2. The predicted molar refractivity (Wildman–Crippen MR) is 183 cm³/mol. The van der Waals surface area contributed by atoms with Crippen molar-refractivity contribution in [1.82, 2.24) is 0 Å². The van der Waals surface area contributed by atoms with E-state index in [4.69, 9.17) is 0 Å². The Morgan fingerprint density at radius 2 is 0.818 bits per heavy atom. The second kappa shape index (κ2) is 9.69. The monoisotopic (exact) mass is 559 g/mol. The number of benzene rings is 7. The Labute approximate surface area is 258 Å². The van der Waals surface area contributed by atoms with E-state index in [0.29, 0.717) is 0 Å². The maximum absolute atomic E-state index is 3.86. The molecule has 206 valence electrons. The second-order valence-corrected chi connectivity index (χ2v) is 11.8. The zero-order chi connectivity index (χ0) is 29.1. The van der Waals surface area contributed by atoms with Crippen LogP contribution in [-0.4, -0.2) is 0 Å². The average molecular weight is 560 g/mol. The van der Waals surface area contributed by atoms with E-state index < -0.39 is 0 Å². The quantitative estimate of drug-likeness (QED) is 0.226. The van der Waals surface area contributed by atoms with Crippen LogP contribution in [0, 0.1) is 0 Å². The van der Waals surface area contributed by atoms with Crippen LogP contribution in [-0.2, 0) is 5.41 Å². The molecule has 1 heteroatoms. The van der Waals surface area contributed by atoms with Gasteiger partial charge in [-0.25, -0.2) is 0 Å². The van der Waals surface area contributed by atoms with Gasteiger partial charge >= 0.3 is 0 Å². The summed E-state index contributed by atoms with van der Waals surface area (Å²) in [5.41, 5.74) is 17.4. The Balaban J connectivity index is 1.18. The lowest BCUT2D eigenvalue weighted by atomic mass is 9.70. The van der Waals surface area contributed by atoms with Crippen molar-refractivity contribution in [3.05, 3.63) is 192 Å². The highest BCUT2D eigenvalue weighted by Gasteiger charge is 2.51. The summed E-state index contributed by atoms with van der Waals surface area (Å²) >= 11 is 0. The zero-order valence-corrected chi connectivity index (χ0v) is 24.2. The summed E-state index contributed by atoms with van der Waals surface area (Å²) in [5.74, 6) is 0. The van der Waals surface area contributed by atoms with Gasteiger partial charge in [-0.05, 0) is 85.5 Å². The van der Waals surface area contributed by atoms with Crippen LogP contribution in [0.15, 0.2) is 170 Å².